The normalized spacial score (nSPS) is 27.0. The van der Waals surface area contributed by atoms with Crippen molar-refractivity contribution in [2.24, 2.45) is 5.73 Å². The van der Waals surface area contributed by atoms with E-state index in [1.807, 2.05) is 11.8 Å². The van der Waals surface area contributed by atoms with Gasteiger partial charge >= 0.3 is 0 Å². The first-order valence-corrected chi connectivity index (χ1v) is 5.61. The lowest BCUT2D eigenvalue weighted by molar-refractivity contribution is 0.174. The van der Waals surface area contributed by atoms with Crippen molar-refractivity contribution in [3.8, 4) is 0 Å². The van der Waals surface area contributed by atoms with E-state index in [2.05, 4.69) is 10.1 Å². The molecule has 0 bridgehead atoms. The SMILES string of the molecule is COCc1noc(C2CSCC2N)n1. The first-order chi connectivity index (χ1) is 6.81. The minimum absolute atomic E-state index is 0.135. The van der Waals surface area contributed by atoms with Crippen LogP contribution in [0.2, 0.25) is 0 Å². The third-order valence-corrected chi connectivity index (χ3v) is 3.41. The van der Waals surface area contributed by atoms with E-state index in [1.165, 1.54) is 0 Å². The Balaban J connectivity index is 2.08. The Morgan fingerprint density at radius 1 is 1.64 bits per heavy atom. The Bertz CT molecular complexity index is 305. The van der Waals surface area contributed by atoms with Gasteiger partial charge in [-0.25, -0.2) is 0 Å². The van der Waals surface area contributed by atoms with E-state index >= 15 is 0 Å². The van der Waals surface area contributed by atoms with Gasteiger partial charge in [0, 0.05) is 24.7 Å². The Kier molecular flexibility index (Phi) is 3.05. The van der Waals surface area contributed by atoms with E-state index in [-0.39, 0.29) is 12.0 Å². The maximum atomic E-state index is 5.91. The molecule has 1 aromatic heterocycles. The summed E-state index contributed by atoms with van der Waals surface area (Å²) >= 11 is 1.82. The molecule has 1 saturated heterocycles. The summed E-state index contributed by atoms with van der Waals surface area (Å²) in [6.45, 7) is 0.388. The van der Waals surface area contributed by atoms with Gasteiger partial charge in [-0.1, -0.05) is 5.16 Å². The van der Waals surface area contributed by atoms with Crippen LogP contribution in [0.15, 0.2) is 4.52 Å². The number of methoxy groups -OCH3 is 1. The summed E-state index contributed by atoms with van der Waals surface area (Å²) in [6, 6.07) is 0.135. The monoisotopic (exact) mass is 215 g/mol. The Labute approximate surface area is 86.4 Å². The van der Waals surface area contributed by atoms with E-state index < -0.39 is 0 Å². The molecule has 1 aliphatic heterocycles. The van der Waals surface area contributed by atoms with Crippen molar-refractivity contribution in [2.75, 3.05) is 18.6 Å². The number of ether oxygens (including phenoxy) is 1. The van der Waals surface area contributed by atoms with Crippen molar-refractivity contribution in [1.82, 2.24) is 10.1 Å². The molecule has 0 radical (unpaired) electrons. The van der Waals surface area contributed by atoms with E-state index in [1.54, 1.807) is 7.11 Å². The maximum Gasteiger partial charge on any atom is 0.232 e. The van der Waals surface area contributed by atoms with Gasteiger partial charge in [0.1, 0.15) is 6.61 Å². The predicted octanol–water partition coefficient (Wildman–Crippen LogP) is 0.374. The Hall–Kier alpha value is -0.590. The number of thioether (sulfide) groups is 1. The topological polar surface area (TPSA) is 74.2 Å². The van der Waals surface area contributed by atoms with Gasteiger partial charge < -0.3 is 15.0 Å². The zero-order valence-corrected chi connectivity index (χ0v) is 8.79. The van der Waals surface area contributed by atoms with E-state index in [0.717, 1.165) is 11.5 Å². The molecule has 14 heavy (non-hydrogen) atoms. The Morgan fingerprint density at radius 3 is 3.14 bits per heavy atom. The molecule has 2 unspecified atom stereocenters. The van der Waals surface area contributed by atoms with Crippen LogP contribution in [0.5, 0.6) is 0 Å². The molecule has 0 aliphatic carbocycles. The van der Waals surface area contributed by atoms with Crippen LogP contribution in [0.4, 0.5) is 0 Å². The molecule has 2 rings (SSSR count). The van der Waals surface area contributed by atoms with Crippen LogP contribution >= 0.6 is 11.8 Å². The minimum atomic E-state index is 0.135. The molecule has 0 amide bonds. The fourth-order valence-corrected chi connectivity index (χ4v) is 2.72. The first-order valence-electron chi connectivity index (χ1n) is 4.46. The van der Waals surface area contributed by atoms with Crippen LogP contribution in [0.25, 0.3) is 0 Å². The smallest absolute Gasteiger partial charge is 0.232 e. The fraction of sp³-hybridized carbons (Fsp3) is 0.750. The summed E-state index contributed by atoms with van der Waals surface area (Å²) in [5.74, 6) is 3.38. The zero-order valence-electron chi connectivity index (χ0n) is 7.97. The van der Waals surface area contributed by atoms with E-state index in [9.17, 15) is 0 Å². The molecule has 6 heteroatoms. The highest BCUT2D eigenvalue weighted by Gasteiger charge is 2.30. The zero-order chi connectivity index (χ0) is 9.97. The first kappa shape index (κ1) is 9.95. The summed E-state index contributed by atoms with van der Waals surface area (Å²) in [6.07, 6.45) is 0. The number of nitrogens with zero attached hydrogens (tertiary/aromatic N) is 2. The van der Waals surface area contributed by atoms with Gasteiger partial charge in [-0.05, 0) is 0 Å². The quantitative estimate of drug-likeness (QED) is 0.785. The highest BCUT2D eigenvalue weighted by molar-refractivity contribution is 7.99. The van der Waals surface area contributed by atoms with Crippen molar-refractivity contribution in [3.05, 3.63) is 11.7 Å². The van der Waals surface area contributed by atoms with E-state index in [0.29, 0.717) is 18.3 Å². The number of hydrogen-bond acceptors (Lipinski definition) is 6. The predicted molar refractivity (Wildman–Crippen MR) is 53.1 cm³/mol. The van der Waals surface area contributed by atoms with Crippen molar-refractivity contribution in [3.63, 3.8) is 0 Å². The van der Waals surface area contributed by atoms with Crippen molar-refractivity contribution in [1.29, 1.82) is 0 Å². The van der Waals surface area contributed by atoms with Gasteiger partial charge in [0.15, 0.2) is 5.82 Å². The minimum Gasteiger partial charge on any atom is -0.377 e. The largest absolute Gasteiger partial charge is 0.377 e. The average molecular weight is 215 g/mol. The molecular weight excluding hydrogens is 202 g/mol. The van der Waals surface area contributed by atoms with Gasteiger partial charge in [-0.2, -0.15) is 16.7 Å². The Morgan fingerprint density at radius 2 is 2.50 bits per heavy atom. The second kappa shape index (κ2) is 4.29. The molecule has 5 nitrogen and oxygen atoms in total. The lowest BCUT2D eigenvalue weighted by Crippen LogP contribution is -2.26. The third-order valence-electron chi connectivity index (χ3n) is 2.20. The average Bonchev–Trinajstić information content (AvgIpc) is 2.74. The van der Waals surface area contributed by atoms with Crippen molar-refractivity contribution >= 4 is 11.8 Å². The van der Waals surface area contributed by atoms with Gasteiger partial charge in [-0.3, -0.25) is 0 Å². The molecular formula is C8H13N3O2S. The standard InChI is InChI=1S/C8H13N3O2S/c1-12-2-7-10-8(13-11-7)5-3-14-4-6(5)9/h5-6H,2-4,9H2,1H3. The van der Waals surface area contributed by atoms with Crippen LogP contribution in [-0.4, -0.2) is 34.8 Å². The van der Waals surface area contributed by atoms with Crippen LogP contribution in [0.1, 0.15) is 17.6 Å². The number of nitrogens with two attached hydrogens (primary N) is 1. The summed E-state index contributed by atoms with van der Waals surface area (Å²) < 4.78 is 10.0. The molecule has 0 spiro atoms. The summed E-state index contributed by atoms with van der Waals surface area (Å²) in [5.41, 5.74) is 5.91. The molecule has 1 fully saturated rings. The second-order valence-corrected chi connectivity index (χ2v) is 4.36. The molecule has 2 heterocycles. The summed E-state index contributed by atoms with van der Waals surface area (Å²) in [5, 5.41) is 3.81. The number of rotatable bonds is 3. The maximum absolute atomic E-state index is 5.91. The molecule has 2 N–H and O–H groups in total. The number of hydrogen-bond donors (Lipinski definition) is 1. The fourth-order valence-electron chi connectivity index (χ4n) is 1.43. The highest BCUT2D eigenvalue weighted by Crippen LogP contribution is 2.30. The number of aromatic nitrogens is 2. The van der Waals surface area contributed by atoms with Gasteiger partial charge in [0.2, 0.25) is 5.89 Å². The third kappa shape index (κ3) is 1.92. The summed E-state index contributed by atoms with van der Waals surface area (Å²) in [4.78, 5) is 4.24. The lowest BCUT2D eigenvalue weighted by atomic mass is 10.1. The molecule has 0 aromatic carbocycles. The second-order valence-electron chi connectivity index (χ2n) is 3.29. The molecule has 78 valence electrons. The summed E-state index contributed by atoms with van der Waals surface area (Å²) in [7, 11) is 1.60. The van der Waals surface area contributed by atoms with Gasteiger partial charge in [-0.15, -0.1) is 0 Å². The highest BCUT2D eigenvalue weighted by atomic mass is 32.2. The van der Waals surface area contributed by atoms with Crippen molar-refractivity contribution < 1.29 is 9.26 Å². The van der Waals surface area contributed by atoms with Crippen molar-refractivity contribution in [2.45, 2.75) is 18.6 Å². The van der Waals surface area contributed by atoms with Gasteiger partial charge in [0.25, 0.3) is 0 Å². The van der Waals surface area contributed by atoms with Crippen LogP contribution in [0, 0.1) is 0 Å². The van der Waals surface area contributed by atoms with Gasteiger partial charge in [0.05, 0.1) is 5.92 Å². The lowest BCUT2D eigenvalue weighted by Gasteiger charge is -2.07. The molecule has 2 atom stereocenters. The van der Waals surface area contributed by atoms with Crippen LogP contribution in [0.3, 0.4) is 0 Å². The molecule has 1 aliphatic rings. The van der Waals surface area contributed by atoms with E-state index in [4.69, 9.17) is 15.0 Å². The van der Waals surface area contributed by atoms with Crippen LogP contribution in [-0.2, 0) is 11.3 Å². The molecule has 0 saturated carbocycles. The molecule has 1 aromatic rings. The van der Waals surface area contributed by atoms with Crippen LogP contribution < -0.4 is 5.73 Å².